The Labute approximate surface area is 112 Å². The second-order valence-corrected chi connectivity index (χ2v) is 6.23. The van der Waals surface area contributed by atoms with Crippen molar-refractivity contribution in [3.63, 3.8) is 0 Å². The Kier molecular flexibility index (Phi) is 4.54. The van der Waals surface area contributed by atoms with Gasteiger partial charge in [-0.2, -0.15) is 0 Å². The summed E-state index contributed by atoms with van der Waals surface area (Å²) in [5.74, 6) is 0.303. The molecule has 0 aliphatic rings. The Morgan fingerprint density at radius 2 is 1.68 bits per heavy atom. The maximum absolute atomic E-state index is 12.5. The van der Waals surface area contributed by atoms with Gasteiger partial charge in [0.05, 0.1) is 0 Å². The van der Waals surface area contributed by atoms with Crippen LogP contribution in [0, 0.1) is 5.92 Å². The normalized spacial score (nSPS) is 12.9. The molecule has 19 heavy (non-hydrogen) atoms. The van der Waals surface area contributed by atoms with Crippen LogP contribution in [-0.4, -0.2) is 6.36 Å². The number of hydrogen-bond acceptors (Lipinski definition) is 1. The third kappa shape index (κ3) is 5.13. The standard InChI is InChI=1S/C15H21F3O/c1-10(2)8-11-6-7-12(14(3,4)5)13(9-11)19-15(16,17)18/h6-7,9-10H,8H2,1-5H3. The summed E-state index contributed by atoms with van der Waals surface area (Å²) >= 11 is 0. The average molecular weight is 274 g/mol. The molecule has 0 heterocycles. The summed E-state index contributed by atoms with van der Waals surface area (Å²) < 4.78 is 41.6. The van der Waals surface area contributed by atoms with Gasteiger partial charge in [0.2, 0.25) is 0 Å². The van der Waals surface area contributed by atoms with Gasteiger partial charge in [-0.15, -0.1) is 13.2 Å². The Balaban J connectivity index is 3.19. The van der Waals surface area contributed by atoms with E-state index >= 15 is 0 Å². The van der Waals surface area contributed by atoms with E-state index in [2.05, 4.69) is 4.74 Å². The lowest BCUT2D eigenvalue weighted by molar-refractivity contribution is -0.275. The Morgan fingerprint density at radius 3 is 2.11 bits per heavy atom. The Bertz CT molecular complexity index is 428. The van der Waals surface area contributed by atoms with E-state index in [1.165, 1.54) is 6.07 Å². The van der Waals surface area contributed by atoms with E-state index in [4.69, 9.17) is 0 Å². The maximum Gasteiger partial charge on any atom is 0.573 e. The van der Waals surface area contributed by atoms with Gasteiger partial charge in [0.1, 0.15) is 5.75 Å². The summed E-state index contributed by atoms with van der Waals surface area (Å²) in [6, 6.07) is 5.12. The molecular weight excluding hydrogens is 253 g/mol. The molecule has 1 aromatic carbocycles. The molecule has 108 valence electrons. The zero-order valence-electron chi connectivity index (χ0n) is 12.1. The van der Waals surface area contributed by atoms with Gasteiger partial charge in [-0.25, -0.2) is 0 Å². The maximum atomic E-state index is 12.5. The minimum atomic E-state index is -4.66. The minimum absolute atomic E-state index is 0.0850. The number of benzene rings is 1. The largest absolute Gasteiger partial charge is 0.573 e. The zero-order chi connectivity index (χ0) is 14.8. The first kappa shape index (κ1) is 15.9. The van der Waals surface area contributed by atoms with Crippen LogP contribution in [0.5, 0.6) is 5.75 Å². The Morgan fingerprint density at radius 1 is 1.11 bits per heavy atom. The van der Waals surface area contributed by atoms with Gasteiger partial charge in [0.25, 0.3) is 0 Å². The minimum Gasteiger partial charge on any atom is -0.405 e. The van der Waals surface area contributed by atoms with Crippen LogP contribution in [0.25, 0.3) is 0 Å². The number of hydrogen-bond donors (Lipinski definition) is 0. The van der Waals surface area contributed by atoms with Crippen LogP contribution in [0.15, 0.2) is 18.2 Å². The molecular formula is C15H21F3O. The quantitative estimate of drug-likeness (QED) is 0.746. The van der Waals surface area contributed by atoms with Gasteiger partial charge in [-0.1, -0.05) is 46.8 Å². The van der Waals surface area contributed by atoms with Crippen molar-refractivity contribution >= 4 is 0 Å². The van der Waals surface area contributed by atoms with Crippen LogP contribution in [0.2, 0.25) is 0 Å². The molecule has 0 amide bonds. The summed E-state index contributed by atoms with van der Waals surface area (Å²) in [6.07, 6.45) is -3.92. The molecule has 0 saturated carbocycles. The first-order valence-corrected chi connectivity index (χ1v) is 6.38. The van der Waals surface area contributed by atoms with Crippen LogP contribution in [0.1, 0.15) is 45.7 Å². The van der Waals surface area contributed by atoms with Crippen molar-refractivity contribution in [3.8, 4) is 5.75 Å². The molecule has 1 nitrogen and oxygen atoms in total. The third-order valence-corrected chi connectivity index (χ3v) is 2.72. The number of halogens is 3. The van der Waals surface area contributed by atoms with Crippen molar-refractivity contribution in [2.45, 2.75) is 52.8 Å². The zero-order valence-corrected chi connectivity index (χ0v) is 12.1. The summed E-state index contributed by atoms with van der Waals surface area (Å²) in [4.78, 5) is 0. The molecule has 0 saturated heterocycles. The highest BCUT2D eigenvalue weighted by Gasteiger charge is 2.33. The predicted molar refractivity (Wildman–Crippen MR) is 70.4 cm³/mol. The monoisotopic (exact) mass is 274 g/mol. The lowest BCUT2D eigenvalue weighted by atomic mass is 9.85. The number of rotatable bonds is 3. The van der Waals surface area contributed by atoms with Gasteiger partial charge in [-0.3, -0.25) is 0 Å². The highest BCUT2D eigenvalue weighted by molar-refractivity contribution is 5.42. The second-order valence-electron chi connectivity index (χ2n) is 6.23. The molecule has 0 spiro atoms. The van der Waals surface area contributed by atoms with Gasteiger partial charge in [0, 0.05) is 0 Å². The molecule has 0 aromatic heterocycles. The van der Waals surface area contributed by atoms with E-state index in [0.29, 0.717) is 11.5 Å². The predicted octanol–water partition coefficient (Wildman–Crippen LogP) is 5.08. The molecule has 1 rings (SSSR count). The molecule has 0 fully saturated rings. The average Bonchev–Trinajstić information content (AvgIpc) is 2.11. The fourth-order valence-corrected chi connectivity index (χ4v) is 1.99. The third-order valence-electron chi connectivity index (χ3n) is 2.72. The van der Waals surface area contributed by atoms with Crippen molar-refractivity contribution in [1.29, 1.82) is 0 Å². The van der Waals surface area contributed by atoms with Gasteiger partial charge >= 0.3 is 6.36 Å². The second kappa shape index (κ2) is 5.43. The lowest BCUT2D eigenvalue weighted by Crippen LogP contribution is -2.21. The van der Waals surface area contributed by atoms with Crippen molar-refractivity contribution in [1.82, 2.24) is 0 Å². The Hall–Kier alpha value is -1.19. The fourth-order valence-electron chi connectivity index (χ4n) is 1.99. The molecule has 0 aliphatic heterocycles. The van der Waals surface area contributed by atoms with Gasteiger partial charge in [-0.05, 0) is 34.9 Å². The van der Waals surface area contributed by atoms with Crippen molar-refractivity contribution in [3.05, 3.63) is 29.3 Å². The summed E-state index contributed by atoms with van der Waals surface area (Å²) in [7, 11) is 0. The van der Waals surface area contributed by atoms with E-state index in [1.807, 2.05) is 40.7 Å². The van der Waals surface area contributed by atoms with E-state index in [1.54, 1.807) is 6.07 Å². The van der Waals surface area contributed by atoms with Crippen molar-refractivity contribution in [2.24, 2.45) is 5.92 Å². The topological polar surface area (TPSA) is 9.23 Å². The van der Waals surface area contributed by atoms with E-state index in [-0.39, 0.29) is 5.75 Å². The van der Waals surface area contributed by atoms with E-state index in [0.717, 1.165) is 12.0 Å². The lowest BCUT2D eigenvalue weighted by Gasteiger charge is -2.24. The van der Waals surface area contributed by atoms with Crippen LogP contribution in [0.3, 0.4) is 0 Å². The van der Waals surface area contributed by atoms with E-state index < -0.39 is 11.8 Å². The summed E-state index contributed by atoms with van der Waals surface area (Å²) in [5.41, 5.74) is 1.04. The molecule has 0 unspecified atom stereocenters. The molecule has 0 radical (unpaired) electrons. The summed E-state index contributed by atoms with van der Waals surface area (Å²) in [6.45, 7) is 9.67. The molecule has 0 aliphatic carbocycles. The summed E-state index contributed by atoms with van der Waals surface area (Å²) in [5, 5.41) is 0. The number of ether oxygens (including phenoxy) is 1. The highest BCUT2D eigenvalue weighted by Crippen LogP contribution is 2.35. The van der Waals surface area contributed by atoms with Crippen molar-refractivity contribution in [2.75, 3.05) is 0 Å². The van der Waals surface area contributed by atoms with Crippen LogP contribution in [-0.2, 0) is 11.8 Å². The first-order chi connectivity index (χ1) is 8.49. The van der Waals surface area contributed by atoms with Crippen LogP contribution in [0.4, 0.5) is 13.2 Å². The molecule has 1 aromatic rings. The SMILES string of the molecule is CC(C)Cc1ccc(C(C)(C)C)c(OC(F)(F)F)c1. The molecule has 4 heteroatoms. The van der Waals surface area contributed by atoms with E-state index in [9.17, 15) is 13.2 Å². The molecule has 0 N–H and O–H groups in total. The first-order valence-electron chi connectivity index (χ1n) is 6.38. The smallest absolute Gasteiger partial charge is 0.405 e. The highest BCUT2D eigenvalue weighted by atomic mass is 19.4. The molecule has 0 atom stereocenters. The number of alkyl halides is 3. The van der Waals surface area contributed by atoms with Crippen LogP contribution >= 0.6 is 0 Å². The fraction of sp³-hybridized carbons (Fsp3) is 0.600. The van der Waals surface area contributed by atoms with Gasteiger partial charge < -0.3 is 4.74 Å². The van der Waals surface area contributed by atoms with Gasteiger partial charge in [0.15, 0.2) is 0 Å². The van der Waals surface area contributed by atoms with Crippen LogP contribution < -0.4 is 4.74 Å². The molecule has 0 bridgehead atoms. The van der Waals surface area contributed by atoms with Crippen molar-refractivity contribution < 1.29 is 17.9 Å².